The lowest BCUT2D eigenvalue weighted by molar-refractivity contribution is 0.178. The summed E-state index contributed by atoms with van der Waals surface area (Å²) >= 11 is 5.35. The van der Waals surface area contributed by atoms with Gasteiger partial charge >= 0.3 is 0 Å². The molecule has 1 unspecified atom stereocenters. The van der Waals surface area contributed by atoms with Crippen LogP contribution in [0.4, 0.5) is 0 Å². The summed E-state index contributed by atoms with van der Waals surface area (Å²) in [4.78, 5) is 2.62. The Hall–Kier alpha value is -0.640. The van der Waals surface area contributed by atoms with Crippen LogP contribution in [-0.2, 0) is 12.8 Å². The van der Waals surface area contributed by atoms with Crippen molar-refractivity contribution in [3.8, 4) is 0 Å². The third kappa shape index (κ3) is 3.02. The first-order valence-electron chi connectivity index (χ1n) is 6.12. The topological polar surface area (TPSA) is 20.2 Å². The van der Waals surface area contributed by atoms with E-state index in [1.165, 1.54) is 9.75 Å². The predicted octanol–water partition coefficient (Wildman–Crippen LogP) is 4.66. The van der Waals surface area contributed by atoms with Gasteiger partial charge in [-0.15, -0.1) is 11.3 Å². The zero-order chi connectivity index (χ0) is 13.1. The van der Waals surface area contributed by atoms with E-state index in [1.54, 1.807) is 11.3 Å². The Morgan fingerprint density at radius 2 is 1.94 bits per heavy atom. The maximum absolute atomic E-state index is 10.3. The van der Waals surface area contributed by atoms with E-state index < -0.39 is 6.10 Å². The highest BCUT2D eigenvalue weighted by Gasteiger charge is 2.14. The summed E-state index contributed by atoms with van der Waals surface area (Å²) < 4.78 is 1.02. The Morgan fingerprint density at radius 1 is 1.22 bits per heavy atom. The molecule has 1 aromatic carbocycles. The van der Waals surface area contributed by atoms with E-state index in [9.17, 15) is 5.11 Å². The average Bonchev–Trinajstić information content (AvgIpc) is 2.80. The molecule has 2 aromatic rings. The summed E-state index contributed by atoms with van der Waals surface area (Å²) in [6, 6.07) is 10.3. The van der Waals surface area contributed by atoms with Crippen LogP contribution >= 0.6 is 27.3 Å². The summed E-state index contributed by atoms with van der Waals surface area (Å²) in [5, 5.41) is 10.3. The normalized spacial score (nSPS) is 12.7. The number of aliphatic hydroxyl groups excluding tert-OH is 1. The Kier molecular flexibility index (Phi) is 4.60. The third-order valence-electron chi connectivity index (χ3n) is 3.04. The Balaban J connectivity index is 2.16. The molecule has 1 atom stereocenters. The fraction of sp³-hybridized carbons (Fsp3) is 0.333. The molecular weight excluding hydrogens is 308 g/mol. The van der Waals surface area contributed by atoms with E-state index in [2.05, 4.69) is 35.0 Å². The first-order chi connectivity index (χ1) is 8.61. The van der Waals surface area contributed by atoms with Gasteiger partial charge < -0.3 is 5.11 Å². The molecule has 0 aliphatic heterocycles. The molecule has 0 aliphatic carbocycles. The highest BCUT2D eigenvalue weighted by Crippen LogP contribution is 2.30. The Morgan fingerprint density at radius 3 is 2.61 bits per heavy atom. The van der Waals surface area contributed by atoms with Crippen molar-refractivity contribution >= 4 is 27.3 Å². The molecule has 0 bridgehead atoms. The van der Waals surface area contributed by atoms with E-state index in [-0.39, 0.29) is 0 Å². The number of aryl methyl sites for hydroxylation is 2. The van der Waals surface area contributed by atoms with Crippen molar-refractivity contribution in [1.82, 2.24) is 0 Å². The molecule has 3 heteroatoms. The van der Waals surface area contributed by atoms with Crippen molar-refractivity contribution in [1.29, 1.82) is 0 Å². The summed E-state index contributed by atoms with van der Waals surface area (Å²) in [6.45, 7) is 4.20. The molecule has 1 nitrogen and oxygen atoms in total. The quantitative estimate of drug-likeness (QED) is 0.867. The van der Waals surface area contributed by atoms with Crippen LogP contribution < -0.4 is 0 Å². The highest BCUT2D eigenvalue weighted by atomic mass is 79.9. The standard InChI is InChI=1S/C15H17BrOS/c1-3-11-7-8-12(18-11)9-14(17)13-6-4-5-10(2)15(13)16/h4-8,14,17H,3,9H2,1-2H3. The van der Waals surface area contributed by atoms with Gasteiger partial charge in [-0.05, 0) is 36.6 Å². The smallest absolute Gasteiger partial charge is 0.0849 e. The fourth-order valence-corrected chi connectivity index (χ4v) is 3.47. The van der Waals surface area contributed by atoms with Crippen LogP contribution in [0.25, 0.3) is 0 Å². The molecule has 0 radical (unpaired) electrons. The Bertz CT molecular complexity index is 533. The minimum absolute atomic E-state index is 0.442. The summed E-state index contributed by atoms with van der Waals surface area (Å²) in [5.74, 6) is 0. The molecule has 0 saturated carbocycles. The number of aliphatic hydroxyl groups is 1. The molecule has 18 heavy (non-hydrogen) atoms. The molecule has 0 amide bonds. The fourth-order valence-electron chi connectivity index (χ4n) is 1.95. The van der Waals surface area contributed by atoms with Crippen LogP contribution in [0.15, 0.2) is 34.8 Å². The molecule has 1 aromatic heterocycles. The van der Waals surface area contributed by atoms with Crippen molar-refractivity contribution in [3.63, 3.8) is 0 Å². The van der Waals surface area contributed by atoms with Gasteiger partial charge in [0.2, 0.25) is 0 Å². The summed E-state index contributed by atoms with van der Waals surface area (Å²) in [7, 11) is 0. The number of benzene rings is 1. The molecule has 0 spiro atoms. The molecule has 0 saturated heterocycles. The van der Waals surface area contributed by atoms with E-state index in [4.69, 9.17) is 0 Å². The molecular formula is C15H17BrOS. The second kappa shape index (κ2) is 6.00. The van der Waals surface area contributed by atoms with Crippen molar-refractivity contribution in [3.05, 3.63) is 55.7 Å². The van der Waals surface area contributed by atoms with Crippen LogP contribution in [0.5, 0.6) is 0 Å². The lowest BCUT2D eigenvalue weighted by atomic mass is 10.0. The van der Waals surface area contributed by atoms with E-state index in [1.807, 2.05) is 25.1 Å². The van der Waals surface area contributed by atoms with Gasteiger partial charge in [-0.1, -0.05) is 41.1 Å². The zero-order valence-corrected chi connectivity index (χ0v) is 13.0. The molecule has 0 fully saturated rings. The highest BCUT2D eigenvalue weighted by molar-refractivity contribution is 9.10. The maximum Gasteiger partial charge on any atom is 0.0849 e. The number of thiophene rings is 1. The monoisotopic (exact) mass is 324 g/mol. The summed E-state index contributed by atoms with van der Waals surface area (Å²) in [5.41, 5.74) is 2.13. The van der Waals surface area contributed by atoms with Gasteiger partial charge in [-0.25, -0.2) is 0 Å². The SMILES string of the molecule is CCc1ccc(CC(O)c2cccc(C)c2Br)s1. The van der Waals surface area contributed by atoms with Gasteiger partial charge in [0, 0.05) is 20.6 Å². The van der Waals surface area contributed by atoms with E-state index in [0.29, 0.717) is 6.42 Å². The van der Waals surface area contributed by atoms with Crippen LogP contribution in [0.1, 0.15) is 33.9 Å². The number of hydrogen-bond donors (Lipinski definition) is 1. The van der Waals surface area contributed by atoms with E-state index in [0.717, 1.165) is 22.0 Å². The average molecular weight is 325 g/mol. The van der Waals surface area contributed by atoms with Crippen molar-refractivity contribution in [2.75, 3.05) is 0 Å². The second-order valence-electron chi connectivity index (χ2n) is 4.42. The number of hydrogen-bond acceptors (Lipinski definition) is 2. The predicted molar refractivity (Wildman–Crippen MR) is 81.2 cm³/mol. The molecule has 1 heterocycles. The van der Waals surface area contributed by atoms with Crippen molar-refractivity contribution < 1.29 is 5.11 Å². The molecule has 0 aliphatic rings. The zero-order valence-electron chi connectivity index (χ0n) is 10.6. The minimum atomic E-state index is -0.442. The molecule has 96 valence electrons. The number of halogens is 1. The third-order valence-corrected chi connectivity index (χ3v) is 5.38. The first-order valence-corrected chi connectivity index (χ1v) is 7.73. The molecule has 1 N–H and O–H groups in total. The van der Waals surface area contributed by atoms with Crippen LogP contribution in [0.3, 0.4) is 0 Å². The Labute approximate surface area is 121 Å². The van der Waals surface area contributed by atoms with Gasteiger partial charge in [0.15, 0.2) is 0 Å². The van der Waals surface area contributed by atoms with Gasteiger partial charge in [0.1, 0.15) is 0 Å². The van der Waals surface area contributed by atoms with Gasteiger partial charge in [0.05, 0.1) is 6.10 Å². The van der Waals surface area contributed by atoms with Gasteiger partial charge in [-0.2, -0.15) is 0 Å². The van der Waals surface area contributed by atoms with E-state index >= 15 is 0 Å². The largest absolute Gasteiger partial charge is 0.388 e. The lowest BCUT2D eigenvalue weighted by Gasteiger charge is -2.13. The van der Waals surface area contributed by atoms with Crippen LogP contribution in [0.2, 0.25) is 0 Å². The summed E-state index contributed by atoms with van der Waals surface area (Å²) in [6.07, 6.45) is 1.31. The second-order valence-corrected chi connectivity index (χ2v) is 6.47. The van der Waals surface area contributed by atoms with Crippen LogP contribution in [0, 0.1) is 6.92 Å². The molecule has 2 rings (SSSR count). The number of rotatable bonds is 4. The minimum Gasteiger partial charge on any atom is -0.388 e. The van der Waals surface area contributed by atoms with Gasteiger partial charge in [0.25, 0.3) is 0 Å². The van der Waals surface area contributed by atoms with Crippen molar-refractivity contribution in [2.24, 2.45) is 0 Å². The lowest BCUT2D eigenvalue weighted by Crippen LogP contribution is -2.02. The van der Waals surface area contributed by atoms with Gasteiger partial charge in [-0.3, -0.25) is 0 Å². The van der Waals surface area contributed by atoms with Crippen molar-refractivity contribution in [2.45, 2.75) is 32.8 Å². The van der Waals surface area contributed by atoms with Crippen LogP contribution in [-0.4, -0.2) is 5.11 Å². The first kappa shape index (κ1) is 13.8. The maximum atomic E-state index is 10.3.